The van der Waals surface area contributed by atoms with Crippen LogP contribution in [-0.4, -0.2) is 292 Å². The lowest BCUT2D eigenvalue weighted by atomic mass is 9.81. The summed E-state index contributed by atoms with van der Waals surface area (Å²) in [5, 5.41) is 49.3. The molecule has 462 valence electrons. The van der Waals surface area contributed by atoms with Crippen LogP contribution in [0.5, 0.6) is 0 Å². The number of H-pyrrole nitrogens is 2. The lowest BCUT2D eigenvalue weighted by Crippen LogP contribution is -2.51. The number of carbonyl (C=O) groups excluding carboxylic acids is 5. The number of rotatable bonds is 21. The number of aldehydes is 1. The fraction of sp³-hybridized carbons (Fsp3) is 0.439. The molecule has 1 unspecified atom stereocenters. The van der Waals surface area contributed by atoms with Crippen molar-refractivity contribution >= 4 is 81.6 Å². The summed E-state index contributed by atoms with van der Waals surface area (Å²) in [6.07, 6.45) is 0.738. The molecule has 3 aromatic carbocycles. The van der Waals surface area contributed by atoms with E-state index in [0.717, 1.165) is 6.29 Å². The molecule has 0 aliphatic carbocycles. The molecule has 0 saturated carbocycles. The first kappa shape index (κ1) is 64.9. The van der Waals surface area contributed by atoms with E-state index in [0.29, 0.717) is 58.1 Å². The number of hydrogen-bond donors (Lipinski definition) is 11. The smallest absolute Gasteiger partial charge is 0.317 e. The minimum Gasteiger partial charge on any atom is -0.480 e. The molecule has 2 aliphatic rings. The van der Waals surface area contributed by atoms with Gasteiger partial charge in [-0.15, -0.1) is 0 Å². The average molecular weight is 1200 g/mol. The number of benzene rings is 3. The molecule has 0 radical (unpaired) electrons. The van der Waals surface area contributed by atoms with E-state index >= 15 is 0 Å². The van der Waals surface area contributed by atoms with Crippen molar-refractivity contribution in [2.75, 3.05) is 157 Å². The van der Waals surface area contributed by atoms with Gasteiger partial charge in [0.15, 0.2) is 0 Å². The molecule has 4 heterocycles. The Morgan fingerprint density at radius 3 is 0.965 bits per heavy atom. The molecule has 1 atom stereocenters. The summed E-state index contributed by atoms with van der Waals surface area (Å²) in [6.45, 7) is 1.29. The van der Waals surface area contributed by atoms with Crippen molar-refractivity contribution < 1.29 is 73.5 Å². The largest absolute Gasteiger partial charge is 0.480 e. The van der Waals surface area contributed by atoms with Crippen LogP contribution >= 0.6 is 0 Å². The van der Waals surface area contributed by atoms with E-state index in [9.17, 15) is 73.5 Å². The number of aromatic amines is 2. The van der Waals surface area contributed by atoms with Gasteiger partial charge in [-0.05, 0) is 17.7 Å². The Bertz CT molecular complexity index is 3160. The number of para-hydroxylation sites is 2. The van der Waals surface area contributed by atoms with Gasteiger partial charge in [-0.2, -0.15) is 0 Å². The predicted octanol–water partition coefficient (Wildman–Crippen LogP) is -1.58. The maximum atomic E-state index is 14.7. The molecule has 86 heavy (non-hydrogen) atoms. The van der Waals surface area contributed by atoms with Gasteiger partial charge in [0, 0.05) is 144 Å². The summed E-state index contributed by atoms with van der Waals surface area (Å²) in [7, 11) is 0. The summed E-state index contributed by atoms with van der Waals surface area (Å²) in [5.74, 6) is -9.09. The van der Waals surface area contributed by atoms with E-state index < -0.39 is 59.4 Å². The molecule has 5 aromatic rings. The Kier molecular flexibility index (Phi) is 24.1. The van der Waals surface area contributed by atoms with Gasteiger partial charge in [0.25, 0.3) is 23.6 Å². The number of nitrogens with one attached hydrogen (secondary N) is 6. The first-order valence-corrected chi connectivity index (χ1v) is 28.1. The van der Waals surface area contributed by atoms with Crippen LogP contribution in [0, 0.1) is 0 Å². The highest BCUT2D eigenvalue weighted by Crippen LogP contribution is 2.43. The van der Waals surface area contributed by atoms with Crippen LogP contribution in [0.3, 0.4) is 0 Å². The van der Waals surface area contributed by atoms with Crippen LogP contribution in [-0.2, 0) is 38.4 Å². The number of aromatic nitrogens is 2. The second-order valence-electron chi connectivity index (χ2n) is 21.1. The van der Waals surface area contributed by atoms with Crippen LogP contribution in [0.2, 0.25) is 0 Å². The molecule has 2 aliphatic heterocycles. The number of hydrogen-bond acceptors (Lipinski definition) is 18. The molecule has 11 N–H and O–H groups in total. The van der Waals surface area contributed by atoms with Crippen molar-refractivity contribution in [2.45, 2.75) is 5.92 Å². The highest BCUT2D eigenvalue weighted by atomic mass is 16.4. The van der Waals surface area contributed by atoms with Crippen molar-refractivity contribution in [1.29, 1.82) is 0 Å². The number of carbonyl (C=O) groups is 10. The van der Waals surface area contributed by atoms with E-state index in [-0.39, 0.29) is 149 Å². The third-order valence-corrected chi connectivity index (χ3v) is 15.0. The number of carboxylic acid groups (broad SMARTS) is 5. The molecule has 2 aromatic heterocycles. The Balaban J connectivity index is 1.12. The molecule has 2 saturated heterocycles. The monoisotopic (exact) mass is 1190 g/mol. The number of carboxylic acids is 5. The van der Waals surface area contributed by atoms with E-state index in [2.05, 4.69) is 31.7 Å². The Morgan fingerprint density at radius 2 is 0.663 bits per heavy atom. The Labute approximate surface area is 494 Å². The normalized spacial score (nSPS) is 17.2. The lowest BCUT2D eigenvalue weighted by molar-refractivity contribution is -0.140. The van der Waals surface area contributed by atoms with Crippen LogP contribution in [0.1, 0.15) is 43.6 Å². The maximum absolute atomic E-state index is 14.7. The second-order valence-corrected chi connectivity index (χ2v) is 21.1. The Hall–Kier alpha value is -8.68. The number of hydrazine groups is 2. The van der Waals surface area contributed by atoms with Gasteiger partial charge < -0.3 is 40.3 Å². The second kappa shape index (κ2) is 32.0. The molecular formula is C57H74N14O15. The number of fused-ring (bicyclic) bond motifs is 2. The van der Waals surface area contributed by atoms with E-state index in [1.807, 2.05) is 47.4 Å². The van der Waals surface area contributed by atoms with Gasteiger partial charge in [0.1, 0.15) is 17.7 Å². The van der Waals surface area contributed by atoms with Gasteiger partial charge >= 0.3 is 29.8 Å². The molecular weight excluding hydrogens is 1120 g/mol. The van der Waals surface area contributed by atoms with Crippen LogP contribution in [0.15, 0.2) is 78.9 Å². The molecule has 29 nitrogen and oxygen atoms in total. The zero-order valence-corrected chi connectivity index (χ0v) is 47.5. The predicted molar refractivity (Wildman–Crippen MR) is 311 cm³/mol. The highest BCUT2D eigenvalue weighted by molar-refractivity contribution is 6.06. The quantitative estimate of drug-likeness (QED) is 0.0292. The first-order chi connectivity index (χ1) is 41.3. The SMILES string of the molecule is O=CCN1CCN(CC(=O)O)CCN(CC(=O)O)CCN(CC(=O)NNC(=O)c2[nH]c3ccccc3c2C(c2ccccc2)c2c(C(=O)NNC(=O)CN3CCN(CC(=O)O)CCN(CC(=O)O)CCN(CC(=O)O)CC3)[nH]c3ccccc23)CC1. The van der Waals surface area contributed by atoms with Gasteiger partial charge in [-0.3, -0.25) is 104 Å². The third kappa shape index (κ3) is 19.4. The van der Waals surface area contributed by atoms with Crippen molar-refractivity contribution in [3.05, 3.63) is 107 Å². The maximum Gasteiger partial charge on any atom is 0.317 e. The van der Waals surface area contributed by atoms with Crippen LogP contribution in [0.25, 0.3) is 21.8 Å². The zero-order chi connectivity index (χ0) is 61.7. The molecule has 4 amide bonds. The number of amides is 4. The molecule has 0 spiro atoms. The zero-order valence-electron chi connectivity index (χ0n) is 47.5. The van der Waals surface area contributed by atoms with Crippen molar-refractivity contribution in [3.63, 3.8) is 0 Å². The van der Waals surface area contributed by atoms with Gasteiger partial charge in [-0.1, -0.05) is 66.7 Å². The summed E-state index contributed by atoms with van der Waals surface area (Å²) in [6, 6.07) is 23.4. The fourth-order valence-corrected chi connectivity index (χ4v) is 10.8. The number of nitrogens with zero attached hydrogens (tertiary/aromatic N) is 8. The molecule has 0 bridgehead atoms. The van der Waals surface area contributed by atoms with E-state index in [1.54, 1.807) is 70.7 Å². The molecule has 7 rings (SSSR count). The molecule has 2 fully saturated rings. The first-order valence-electron chi connectivity index (χ1n) is 28.1. The number of aliphatic carboxylic acids is 5. The van der Waals surface area contributed by atoms with Crippen molar-refractivity contribution in [2.24, 2.45) is 0 Å². The van der Waals surface area contributed by atoms with E-state index in [1.165, 1.54) is 0 Å². The van der Waals surface area contributed by atoms with Crippen molar-refractivity contribution in [3.8, 4) is 0 Å². The van der Waals surface area contributed by atoms with Gasteiger partial charge in [-0.25, -0.2) is 0 Å². The van der Waals surface area contributed by atoms with Gasteiger partial charge in [0.05, 0.1) is 52.4 Å². The lowest BCUT2D eigenvalue weighted by Gasteiger charge is -2.32. The topological polar surface area (TPSA) is 377 Å². The van der Waals surface area contributed by atoms with E-state index in [4.69, 9.17) is 0 Å². The van der Waals surface area contributed by atoms with Crippen LogP contribution in [0.4, 0.5) is 0 Å². The van der Waals surface area contributed by atoms with Crippen LogP contribution < -0.4 is 21.7 Å². The highest BCUT2D eigenvalue weighted by Gasteiger charge is 2.34. The summed E-state index contributed by atoms with van der Waals surface area (Å²) < 4.78 is 0. The van der Waals surface area contributed by atoms with Crippen molar-refractivity contribution in [1.82, 2.24) is 70.9 Å². The summed E-state index contributed by atoms with van der Waals surface area (Å²) in [4.78, 5) is 148. The minimum absolute atomic E-state index is 0.0273. The minimum atomic E-state index is -1.11. The standard InChI is InChI=1S/C57H74N14O15/c72-31-30-64-14-16-65(18-21-68(35-47(77)78)25-24-67(17-15-64)34-46(75)76)32-44(73)60-62-56(85)54-52(40-10-4-6-12-42(40)58-54)51(39-8-2-1-3-9-39)53-41-11-5-7-13-43(41)59-55(53)57(86)63-61-45(74)33-66-19-22-69(36-48(79)80)26-28-71(38-50(83)84)29-27-70(23-20-66)37-49(81)82/h1-13,31,51,58-59H,14-30,32-38H2,(H,60,73)(H,61,74)(H,62,85)(H,63,86)(H,75,76)(H,77,78)(H,79,80)(H,81,82)(H,83,84). The molecule has 29 heteroatoms. The average Bonchev–Trinajstić information content (AvgIpc) is 1.70. The summed E-state index contributed by atoms with van der Waals surface area (Å²) >= 11 is 0. The fourth-order valence-electron chi connectivity index (χ4n) is 10.8. The third-order valence-electron chi connectivity index (χ3n) is 15.0. The summed E-state index contributed by atoms with van der Waals surface area (Å²) in [5.41, 5.74) is 12.8. The van der Waals surface area contributed by atoms with Gasteiger partial charge in [0.2, 0.25) is 0 Å². The Morgan fingerprint density at radius 1 is 0.384 bits per heavy atom.